The van der Waals surface area contributed by atoms with E-state index in [4.69, 9.17) is 65.7 Å². The van der Waals surface area contributed by atoms with Crippen molar-refractivity contribution >= 4 is 116 Å². The molecule has 18 nitrogen and oxygen atoms in total. The summed E-state index contributed by atoms with van der Waals surface area (Å²) in [4.78, 5) is 37.9. The standard InChI is InChI=1S/C46H61F3O9Si2.C24H36O8Si.C22H25Br2F3OSi.CH4/c1-32(58-60(44(2,3)4,35-20-14-12-15-21-35)36-22-16-13-17-23-36)37(46(47,48)49)25-26-38(50)42-39(56-45(5,6)57-42)24-18-19-33-29-34(53-8)30-40(55-31-52-7)41(33)43(51)54-27-28-59(9,10)11;1-24(2)31-19(21(15-25)32-24)10-8-9-17-13-18(28-4)14-20(30-16-27-3)22(17)23(26)29-11-12-33(5,6)7;1-16(19(15-20(23)24)22(25,26)27)28-29(21(2,3)4,17-11-7-5-8-12-17)18-13-9-6-10-14-18;/h12-23,29-30,32,37-39,42,50H,24,27-28,31H2,1-11H3;8-9,13-15,19,21H,10-12,16H2,1-7H3;5-16,19H,1-4H3;1H4/b19-18+;9-8+;;. The predicted octanol–water partition coefficient (Wildman–Crippen LogP) is 20.3. The largest absolute Gasteiger partial charge is 0.497 e. The summed E-state index contributed by atoms with van der Waals surface area (Å²) in [6.45, 7) is 35.5. The van der Waals surface area contributed by atoms with Gasteiger partial charge in [-0.25, -0.2) is 9.59 Å². The first-order valence-corrected chi connectivity index (χ1v) is 53.2. The van der Waals surface area contributed by atoms with E-state index in [9.17, 15) is 45.8 Å². The Balaban J connectivity index is 0.000000359. The number of carbonyl (C=O) groups excluding carboxylic acids is 3. The minimum atomic E-state index is -4.79. The van der Waals surface area contributed by atoms with Crippen LogP contribution in [0.4, 0.5) is 26.3 Å². The Kier molecular flexibility index (Phi) is 40.4. The Bertz CT molecular complexity index is 4380. The van der Waals surface area contributed by atoms with Crippen LogP contribution in [0.15, 0.2) is 167 Å². The van der Waals surface area contributed by atoms with Crippen molar-refractivity contribution < 1.29 is 112 Å². The first-order valence-electron chi connectivity index (χ1n) is 40.4. The Labute approximate surface area is 745 Å². The van der Waals surface area contributed by atoms with Crippen molar-refractivity contribution in [3.05, 3.63) is 189 Å². The average Bonchev–Trinajstić information content (AvgIpc) is 1.33. The lowest BCUT2D eigenvalue weighted by Crippen LogP contribution is -2.68. The summed E-state index contributed by atoms with van der Waals surface area (Å²) in [6, 6.07) is 46.4. The number of hydrogen-bond acceptors (Lipinski definition) is 18. The van der Waals surface area contributed by atoms with Crippen molar-refractivity contribution in [3.8, 4) is 34.8 Å². The first kappa shape index (κ1) is 106. The molecular weight excluding hydrogens is 1790 g/mol. The topological polar surface area (TPSA) is 201 Å². The summed E-state index contributed by atoms with van der Waals surface area (Å²) in [6.07, 6.45) is -6.97. The zero-order valence-electron chi connectivity index (χ0n) is 74.1. The van der Waals surface area contributed by atoms with Gasteiger partial charge in [-0.1, -0.05) is 246 Å². The molecule has 30 heteroatoms. The maximum absolute atomic E-state index is 15.0. The van der Waals surface area contributed by atoms with Crippen LogP contribution in [0, 0.1) is 23.7 Å². The molecule has 123 heavy (non-hydrogen) atoms. The number of aliphatic hydroxyl groups excluding tert-OH is 1. The highest BCUT2D eigenvalue weighted by Crippen LogP contribution is 2.45. The molecule has 0 aliphatic carbocycles. The number of halogens is 8. The average molecular weight is 1920 g/mol. The third-order valence-corrected chi connectivity index (χ3v) is 34.3. The first-order chi connectivity index (χ1) is 56.9. The van der Waals surface area contributed by atoms with E-state index < -0.39 is 133 Å². The maximum Gasteiger partial charge on any atom is 0.404 e. The van der Waals surface area contributed by atoms with Crippen molar-refractivity contribution in [2.75, 3.05) is 55.2 Å². The molecule has 9 unspecified atom stereocenters. The molecule has 2 fully saturated rings. The summed E-state index contributed by atoms with van der Waals surface area (Å²) >= 11 is 6.16. The van der Waals surface area contributed by atoms with Gasteiger partial charge in [-0.05, 0) is 158 Å². The lowest BCUT2D eigenvalue weighted by molar-refractivity contribution is -0.180. The van der Waals surface area contributed by atoms with Gasteiger partial charge in [0.2, 0.25) is 0 Å². The minimum Gasteiger partial charge on any atom is -0.497 e. The molecule has 0 saturated carbocycles. The van der Waals surface area contributed by atoms with Crippen LogP contribution in [0.1, 0.15) is 135 Å². The second-order valence-electron chi connectivity index (χ2n) is 35.1. The number of aliphatic hydroxyl groups is 1. The summed E-state index contributed by atoms with van der Waals surface area (Å²) in [5.74, 6) is -0.791. The van der Waals surface area contributed by atoms with Crippen molar-refractivity contribution in [2.45, 2.75) is 231 Å². The monoisotopic (exact) mass is 1910 g/mol. The van der Waals surface area contributed by atoms with Crippen LogP contribution in [-0.4, -0.2) is 178 Å². The Morgan fingerprint density at radius 2 is 0.902 bits per heavy atom. The Morgan fingerprint density at radius 3 is 1.24 bits per heavy atom. The van der Waals surface area contributed by atoms with Gasteiger partial charge < -0.3 is 75.6 Å². The van der Waals surface area contributed by atoms with E-state index >= 15 is 0 Å². The van der Waals surface area contributed by atoms with Crippen LogP contribution in [-0.2, 0) is 51.5 Å². The van der Waals surface area contributed by atoms with Gasteiger partial charge >= 0.3 is 24.3 Å². The van der Waals surface area contributed by atoms with Crippen molar-refractivity contribution in [1.29, 1.82) is 0 Å². The van der Waals surface area contributed by atoms with Crippen LogP contribution in [0.2, 0.25) is 61.4 Å². The van der Waals surface area contributed by atoms with Crippen LogP contribution in [0.3, 0.4) is 0 Å². The molecule has 0 bridgehead atoms. The molecule has 6 aromatic rings. The SMILES string of the molecule is C.CC(O[Si](c1ccccc1)(c1ccccc1)C(C)(C)C)C(C=C(Br)Br)C(F)(F)F.COCOc1cc(OC)cc(/C=C/CC2OC(C)(C)OC2C(O)C#CC(C(C)O[Si](c2ccccc2)(c2ccccc2)C(C)(C)C)C(F)(F)F)c1C(=O)OCC[Si](C)(C)C.COCOc1cc(OC)cc(/C=C/CC2OC(C)(C)OC2C=O)c1C(=O)OCC[Si](C)(C)C. The number of hydrogen-bond donors (Lipinski definition) is 1. The number of methoxy groups -OCH3 is 4. The van der Waals surface area contributed by atoms with Gasteiger partial charge in [0.15, 0.2) is 31.4 Å². The molecule has 2 aliphatic heterocycles. The molecule has 0 amide bonds. The van der Waals surface area contributed by atoms with Gasteiger partial charge in [0, 0.05) is 42.5 Å². The lowest BCUT2D eigenvalue weighted by Gasteiger charge is -2.45. The second-order valence-corrected chi connectivity index (χ2v) is 57.6. The normalized spacial score (nSPS) is 18.0. The smallest absolute Gasteiger partial charge is 0.404 e. The number of rotatable bonds is 35. The fourth-order valence-corrected chi connectivity index (χ4v) is 25.7. The number of benzene rings is 6. The molecular formula is C93H126Br2F6O18Si4. The number of carbonyl (C=O) groups is 3. The van der Waals surface area contributed by atoms with E-state index in [1.807, 2.05) is 169 Å². The molecule has 0 radical (unpaired) electrons. The fourth-order valence-electron chi connectivity index (χ4n) is 14.2. The van der Waals surface area contributed by atoms with Crippen molar-refractivity contribution in [3.63, 3.8) is 0 Å². The van der Waals surface area contributed by atoms with Gasteiger partial charge in [-0.15, -0.1) is 0 Å². The third-order valence-electron chi connectivity index (χ3n) is 20.1. The zero-order chi connectivity index (χ0) is 91.0. The highest BCUT2D eigenvalue weighted by molar-refractivity contribution is 9.28. The van der Waals surface area contributed by atoms with E-state index in [0.717, 1.165) is 45.2 Å². The molecule has 2 saturated heterocycles. The molecule has 678 valence electrons. The highest BCUT2D eigenvalue weighted by atomic mass is 79.9. The molecule has 1 N–H and O–H groups in total. The van der Waals surface area contributed by atoms with Gasteiger partial charge in [-0.2, -0.15) is 26.3 Å². The Morgan fingerprint density at radius 1 is 0.537 bits per heavy atom. The molecule has 0 spiro atoms. The summed E-state index contributed by atoms with van der Waals surface area (Å²) in [7, 11) is -3.33. The van der Waals surface area contributed by atoms with Gasteiger partial charge in [-0.3, -0.25) is 0 Å². The van der Waals surface area contributed by atoms with Gasteiger partial charge in [0.05, 0.1) is 61.2 Å². The van der Waals surface area contributed by atoms with Crippen LogP contribution >= 0.6 is 31.9 Å². The van der Waals surface area contributed by atoms with E-state index in [1.165, 1.54) is 42.3 Å². The molecule has 2 aliphatic rings. The number of alkyl halides is 6. The van der Waals surface area contributed by atoms with Crippen LogP contribution in [0.25, 0.3) is 12.2 Å². The van der Waals surface area contributed by atoms with E-state index in [-0.39, 0.29) is 54.3 Å². The van der Waals surface area contributed by atoms with E-state index in [0.29, 0.717) is 41.4 Å². The molecule has 6 aromatic carbocycles. The predicted molar refractivity (Wildman–Crippen MR) is 491 cm³/mol. The fraction of sp³-hybridized carbons (Fsp3) is 0.495. The van der Waals surface area contributed by atoms with E-state index in [2.05, 4.69) is 83.0 Å². The van der Waals surface area contributed by atoms with Gasteiger partial charge in [0.1, 0.15) is 58.4 Å². The summed E-state index contributed by atoms with van der Waals surface area (Å²) < 4.78 is 167. The Hall–Kier alpha value is -7.04. The molecule has 0 aromatic heterocycles. The van der Waals surface area contributed by atoms with Gasteiger partial charge in [0.25, 0.3) is 16.6 Å². The summed E-state index contributed by atoms with van der Waals surface area (Å²) in [5, 5.41) is 14.0. The molecule has 9 atom stereocenters. The minimum absolute atomic E-state index is 0. The number of ether oxygens (including phenoxy) is 12. The third kappa shape index (κ3) is 30.9. The maximum atomic E-state index is 15.0. The number of aldehydes is 1. The van der Waals surface area contributed by atoms with Crippen molar-refractivity contribution in [1.82, 2.24) is 0 Å². The number of esters is 2. The summed E-state index contributed by atoms with van der Waals surface area (Å²) in [5.41, 5.74) is 1.45. The quantitative estimate of drug-likeness (QED) is 0.00982. The zero-order valence-corrected chi connectivity index (χ0v) is 81.3. The van der Waals surface area contributed by atoms with Crippen LogP contribution in [0.5, 0.6) is 23.0 Å². The lowest BCUT2D eigenvalue weighted by atomic mass is 10.0. The highest BCUT2D eigenvalue weighted by Gasteiger charge is 2.56. The van der Waals surface area contributed by atoms with E-state index in [1.54, 1.807) is 70.2 Å². The molecule has 2 heterocycles. The van der Waals surface area contributed by atoms with Crippen LogP contribution < -0.4 is 39.7 Å². The molecule has 8 rings (SSSR count). The van der Waals surface area contributed by atoms with Crippen molar-refractivity contribution in [2.24, 2.45) is 11.8 Å². The second kappa shape index (κ2) is 46.6.